The third-order valence-electron chi connectivity index (χ3n) is 3.51. The average Bonchev–Trinajstić information content (AvgIpc) is 2.10. The van der Waals surface area contributed by atoms with Crippen LogP contribution in [0.2, 0.25) is 18.1 Å². The van der Waals surface area contributed by atoms with Crippen molar-refractivity contribution in [3.05, 3.63) is 22.3 Å². The molecule has 0 aromatic heterocycles. The highest BCUT2D eigenvalue weighted by Crippen LogP contribution is 2.37. The Morgan fingerprint density at radius 3 is 2.28 bits per heavy atom. The van der Waals surface area contributed by atoms with E-state index in [1.165, 1.54) is 0 Å². The van der Waals surface area contributed by atoms with E-state index in [1.54, 1.807) is 0 Å². The predicted octanol–water partition coefficient (Wildman–Crippen LogP) is 4.01. The van der Waals surface area contributed by atoms with Gasteiger partial charge in [-0.1, -0.05) is 26.3 Å². The highest BCUT2D eigenvalue weighted by molar-refractivity contribution is 6.74. The van der Waals surface area contributed by atoms with Crippen molar-refractivity contribution in [1.82, 2.24) is 0 Å². The van der Waals surface area contributed by atoms with E-state index in [-0.39, 0.29) is 22.6 Å². The molecule has 0 saturated heterocycles. The fourth-order valence-corrected chi connectivity index (χ4v) is 2.73. The molecule has 0 unspecified atom stereocenters. The molecule has 0 aliphatic rings. The van der Waals surface area contributed by atoms with E-state index in [4.69, 9.17) is 4.43 Å². The molecular formula is C13H27NO3Si. The van der Waals surface area contributed by atoms with E-state index in [0.717, 1.165) is 12.0 Å². The summed E-state index contributed by atoms with van der Waals surface area (Å²) in [7, 11) is -1.94. The van der Waals surface area contributed by atoms with Crippen LogP contribution in [-0.4, -0.2) is 25.9 Å². The molecule has 0 heterocycles. The van der Waals surface area contributed by atoms with Crippen LogP contribution in [0, 0.1) is 10.1 Å². The third kappa shape index (κ3) is 6.30. The smallest absolute Gasteiger partial charge is 0.228 e. The van der Waals surface area contributed by atoms with Gasteiger partial charge in [0, 0.05) is 4.92 Å². The van der Waals surface area contributed by atoms with Crippen LogP contribution >= 0.6 is 0 Å². The van der Waals surface area contributed by atoms with Gasteiger partial charge in [-0.05, 0) is 37.9 Å². The summed E-state index contributed by atoms with van der Waals surface area (Å²) in [6, 6.07) is 0. The van der Waals surface area contributed by atoms with E-state index in [0.29, 0.717) is 6.42 Å². The number of nitrogens with zero attached hydrogens (tertiary/aromatic N) is 1. The molecule has 0 bridgehead atoms. The van der Waals surface area contributed by atoms with Crippen molar-refractivity contribution in [1.29, 1.82) is 0 Å². The Morgan fingerprint density at radius 1 is 1.44 bits per heavy atom. The van der Waals surface area contributed by atoms with Gasteiger partial charge in [0.05, 0.1) is 0 Å². The minimum Gasteiger partial charge on any atom is -0.407 e. The Hall–Kier alpha value is -0.683. The van der Waals surface area contributed by atoms with Crippen LogP contribution in [0.5, 0.6) is 0 Å². The lowest BCUT2D eigenvalue weighted by atomic mass is 10.1. The zero-order chi connectivity index (χ0) is 14.6. The maximum absolute atomic E-state index is 10.7. The van der Waals surface area contributed by atoms with Crippen LogP contribution in [0.1, 0.15) is 40.5 Å². The van der Waals surface area contributed by atoms with Crippen LogP contribution in [-0.2, 0) is 4.43 Å². The van der Waals surface area contributed by atoms with Gasteiger partial charge in [-0.25, -0.2) is 0 Å². The fraction of sp³-hybridized carbons (Fsp3) is 0.846. The van der Waals surface area contributed by atoms with Crippen molar-refractivity contribution >= 4 is 8.32 Å². The van der Waals surface area contributed by atoms with E-state index in [9.17, 15) is 10.1 Å². The molecule has 18 heavy (non-hydrogen) atoms. The molecule has 0 rings (SSSR count). The molecule has 0 N–H and O–H groups in total. The molecule has 0 amide bonds. The standard InChI is InChI=1S/C13H27NO3Si/c1-11(2)8-9-12(10-14(15)16)17-18(6,7)13(3,4)5/h12H,1,8-10H2,2-7H3/t12-/m0/s1. The second kappa shape index (κ2) is 6.47. The number of nitro groups is 1. The van der Waals surface area contributed by atoms with Gasteiger partial charge in [-0.3, -0.25) is 10.1 Å². The molecule has 0 aliphatic carbocycles. The van der Waals surface area contributed by atoms with Crippen LogP contribution in [0.3, 0.4) is 0 Å². The van der Waals surface area contributed by atoms with Gasteiger partial charge in [0.2, 0.25) is 6.54 Å². The Labute approximate surface area is 112 Å². The summed E-state index contributed by atoms with van der Waals surface area (Å²) >= 11 is 0. The van der Waals surface area contributed by atoms with E-state index >= 15 is 0 Å². The summed E-state index contributed by atoms with van der Waals surface area (Å²) in [6.45, 7) is 16.3. The molecule has 0 fully saturated rings. The lowest BCUT2D eigenvalue weighted by molar-refractivity contribution is -0.489. The quantitative estimate of drug-likeness (QED) is 0.305. The molecule has 106 valence electrons. The van der Waals surface area contributed by atoms with Crippen molar-refractivity contribution in [2.24, 2.45) is 0 Å². The predicted molar refractivity (Wildman–Crippen MR) is 78.0 cm³/mol. The van der Waals surface area contributed by atoms with Gasteiger partial charge in [-0.2, -0.15) is 0 Å². The van der Waals surface area contributed by atoms with Gasteiger partial charge >= 0.3 is 0 Å². The lowest BCUT2D eigenvalue weighted by Crippen LogP contribution is -2.45. The highest BCUT2D eigenvalue weighted by atomic mass is 28.4. The number of allylic oxidation sites excluding steroid dienone is 1. The van der Waals surface area contributed by atoms with Gasteiger partial charge < -0.3 is 4.43 Å². The number of rotatable bonds is 7. The summed E-state index contributed by atoms with van der Waals surface area (Å²) in [6.07, 6.45) is 1.17. The first-order valence-corrected chi connectivity index (χ1v) is 9.30. The molecule has 0 saturated carbocycles. The zero-order valence-electron chi connectivity index (χ0n) is 12.6. The first kappa shape index (κ1) is 17.3. The van der Waals surface area contributed by atoms with Crippen molar-refractivity contribution in [2.75, 3.05) is 6.54 Å². The molecule has 1 atom stereocenters. The molecule has 0 aromatic carbocycles. The highest BCUT2D eigenvalue weighted by Gasteiger charge is 2.39. The molecule has 0 radical (unpaired) electrons. The Balaban J connectivity index is 4.67. The Morgan fingerprint density at radius 2 is 1.94 bits per heavy atom. The molecule has 0 spiro atoms. The number of hydrogen-bond donors (Lipinski definition) is 0. The molecule has 5 heteroatoms. The topological polar surface area (TPSA) is 52.4 Å². The summed E-state index contributed by atoms with van der Waals surface area (Å²) in [5.74, 6) is 0. The SMILES string of the molecule is C=C(C)CC[C@@H](C[N+](=O)[O-])O[Si](C)(C)C(C)(C)C. The van der Waals surface area contributed by atoms with Gasteiger partial charge in [0.25, 0.3) is 0 Å². The van der Waals surface area contributed by atoms with Gasteiger partial charge in [0.15, 0.2) is 8.32 Å². The average molecular weight is 273 g/mol. The summed E-state index contributed by atoms with van der Waals surface area (Å²) < 4.78 is 6.12. The normalized spacial score (nSPS) is 14.3. The van der Waals surface area contributed by atoms with Crippen LogP contribution < -0.4 is 0 Å². The van der Waals surface area contributed by atoms with Crippen LogP contribution in [0.25, 0.3) is 0 Å². The zero-order valence-corrected chi connectivity index (χ0v) is 13.6. The summed E-state index contributed by atoms with van der Waals surface area (Å²) in [5, 5.41) is 10.8. The van der Waals surface area contributed by atoms with Crippen molar-refractivity contribution in [2.45, 2.75) is 64.8 Å². The molecule has 4 nitrogen and oxygen atoms in total. The largest absolute Gasteiger partial charge is 0.407 e. The maximum atomic E-state index is 10.7. The second-order valence-electron chi connectivity index (χ2n) is 6.51. The Kier molecular flexibility index (Phi) is 6.23. The van der Waals surface area contributed by atoms with Crippen molar-refractivity contribution in [3.63, 3.8) is 0 Å². The van der Waals surface area contributed by atoms with Gasteiger partial charge in [0.1, 0.15) is 6.10 Å². The maximum Gasteiger partial charge on any atom is 0.228 e. The molecular weight excluding hydrogens is 246 g/mol. The minimum absolute atomic E-state index is 0.0745. The number of hydrogen-bond acceptors (Lipinski definition) is 3. The van der Waals surface area contributed by atoms with Crippen LogP contribution in [0.4, 0.5) is 0 Å². The van der Waals surface area contributed by atoms with Crippen molar-refractivity contribution < 1.29 is 9.35 Å². The lowest BCUT2D eigenvalue weighted by Gasteiger charge is -2.38. The van der Waals surface area contributed by atoms with Gasteiger partial charge in [-0.15, -0.1) is 6.58 Å². The third-order valence-corrected chi connectivity index (χ3v) is 8.05. The minimum atomic E-state index is -1.94. The Bertz CT molecular complexity index is 308. The fourth-order valence-electron chi connectivity index (χ4n) is 1.35. The van der Waals surface area contributed by atoms with E-state index in [1.807, 2.05) is 6.92 Å². The molecule has 0 aliphatic heterocycles. The first-order valence-electron chi connectivity index (χ1n) is 6.39. The summed E-state index contributed by atoms with van der Waals surface area (Å²) in [5.41, 5.74) is 1.04. The van der Waals surface area contributed by atoms with E-state index in [2.05, 4.69) is 40.4 Å². The monoisotopic (exact) mass is 273 g/mol. The van der Waals surface area contributed by atoms with Crippen LogP contribution in [0.15, 0.2) is 12.2 Å². The molecule has 0 aromatic rings. The summed E-state index contributed by atoms with van der Waals surface area (Å²) in [4.78, 5) is 10.4. The van der Waals surface area contributed by atoms with E-state index < -0.39 is 8.32 Å². The second-order valence-corrected chi connectivity index (χ2v) is 11.3. The first-order chi connectivity index (χ1) is 7.95. The van der Waals surface area contributed by atoms with Crippen molar-refractivity contribution in [3.8, 4) is 0 Å².